The Balaban J connectivity index is 1.33. The Morgan fingerprint density at radius 1 is 0.796 bits per heavy atom. The molecule has 0 bridgehead atoms. The molecule has 1 aliphatic heterocycles. The molecule has 0 saturated carbocycles. The van der Waals surface area contributed by atoms with E-state index in [1.54, 1.807) is 58.8 Å². The maximum atomic E-state index is 13.1. The van der Waals surface area contributed by atoms with Crippen LogP contribution in [-0.4, -0.2) is 51.2 Å². The molecule has 10 heteroatoms. The molecule has 1 N–H and O–H groups in total. The molecule has 0 aliphatic carbocycles. The van der Waals surface area contributed by atoms with Gasteiger partial charge in [0.25, 0.3) is 5.91 Å². The smallest absolute Gasteiger partial charge is 0.281 e. The van der Waals surface area contributed by atoms with Gasteiger partial charge in [-0.1, -0.05) is 37.3 Å². The van der Waals surface area contributed by atoms with Crippen molar-refractivity contribution in [3.63, 3.8) is 0 Å². The highest BCUT2D eigenvalue weighted by atomic mass is 16.5. The third kappa shape index (κ3) is 8.46. The first-order valence-electron chi connectivity index (χ1n) is 16.2. The number of ether oxygens (including phenoxy) is 7. The van der Waals surface area contributed by atoms with Crippen LogP contribution in [0.15, 0.2) is 91.1 Å². The largest absolute Gasteiger partial charge is 0.493 e. The summed E-state index contributed by atoms with van der Waals surface area (Å²) in [6, 6.07) is 23.8. The summed E-state index contributed by atoms with van der Waals surface area (Å²) in [6.45, 7) is 2.53. The molecule has 1 amide bonds. The minimum atomic E-state index is -0.597. The van der Waals surface area contributed by atoms with Crippen molar-refractivity contribution in [2.45, 2.75) is 44.8 Å². The maximum absolute atomic E-state index is 13.1. The van der Waals surface area contributed by atoms with Crippen molar-refractivity contribution >= 4 is 5.91 Å². The maximum Gasteiger partial charge on any atom is 0.281 e. The quantitative estimate of drug-likeness (QED) is 0.0986. The van der Waals surface area contributed by atoms with E-state index >= 15 is 0 Å². The number of carbonyl (C=O) groups is 1. The van der Waals surface area contributed by atoms with E-state index in [0.29, 0.717) is 58.3 Å². The summed E-state index contributed by atoms with van der Waals surface area (Å²) in [4.78, 5) is 13.1. The molecule has 4 aromatic rings. The van der Waals surface area contributed by atoms with Gasteiger partial charge in [-0.2, -0.15) is 5.06 Å². The van der Waals surface area contributed by atoms with Gasteiger partial charge in [-0.05, 0) is 91.4 Å². The van der Waals surface area contributed by atoms with Gasteiger partial charge in [0.05, 0.1) is 47.3 Å². The number of para-hydroxylation sites is 1. The molecular formula is C39H43NO9. The summed E-state index contributed by atoms with van der Waals surface area (Å²) in [6.07, 6.45) is 5.38. The fourth-order valence-corrected chi connectivity index (χ4v) is 5.75. The van der Waals surface area contributed by atoms with Gasteiger partial charge in [0.2, 0.25) is 5.75 Å². The van der Waals surface area contributed by atoms with E-state index in [1.165, 1.54) is 6.20 Å². The standard InChI is InChI=1S/C39H43NO9/c1-6-20-47-37-26(13-11-19-40(42)39(41)27-12-10-16-31(22-27)48-30-14-8-7-9-15-30)21-28(23-34(37)43-2)32-17-18-33(49-32)29-24-35(44-3)38(46-5)36(25-29)45-4/h7-12,14-16,19,21-25,32-33,42H,6,13,17-18,20H2,1-5H3/b19-11+. The summed E-state index contributed by atoms with van der Waals surface area (Å²) >= 11 is 0. The fraction of sp³-hybridized carbons (Fsp3) is 0.308. The van der Waals surface area contributed by atoms with E-state index in [4.69, 9.17) is 33.2 Å². The molecule has 0 radical (unpaired) electrons. The second-order valence-corrected chi connectivity index (χ2v) is 11.4. The molecule has 1 heterocycles. The average Bonchev–Trinajstić information content (AvgIpc) is 3.64. The molecule has 1 fully saturated rings. The van der Waals surface area contributed by atoms with Crippen molar-refractivity contribution in [2.24, 2.45) is 0 Å². The van der Waals surface area contributed by atoms with Crippen LogP contribution in [0.2, 0.25) is 0 Å². The lowest BCUT2D eigenvalue weighted by Crippen LogP contribution is -2.21. The highest BCUT2D eigenvalue weighted by Crippen LogP contribution is 2.47. The summed E-state index contributed by atoms with van der Waals surface area (Å²) in [5.41, 5.74) is 2.97. The first-order chi connectivity index (χ1) is 23.9. The number of amides is 1. The third-order valence-electron chi connectivity index (χ3n) is 8.13. The van der Waals surface area contributed by atoms with Crippen molar-refractivity contribution < 1.29 is 43.2 Å². The molecule has 0 spiro atoms. The number of hydrogen-bond acceptors (Lipinski definition) is 9. The second-order valence-electron chi connectivity index (χ2n) is 11.4. The van der Waals surface area contributed by atoms with Gasteiger partial charge in [-0.3, -0.25) is 10.0 Å². The van der Waals surface area contributed by atoms with Crippen LogP contribution in [0, 0.1) is 0 Å². The number of methoxy groups -OCH3 is 4. The Morgan fingerprint density at radius 2 is 1.41 bits per heavy atom. The monoisotopic (exact) mass is 669 g/mol. The summed E-state index contributed by atoms with van der Waals surface area (Å²) in [5.74, 6) is 3.40. The number of allylic oxidation sites excluding steroid dienone is 1. The Bertz CT molecular complexity index is 1720. The van der Waals surface area contributed by atoms with Crippen LogP contribution in [0.25, 0.3) is 0 Å². The van der Waals surface area contributed by atoms with Crippen LogP contribution < -0.4 is 28.4 Å². The van der Waals surface area contributed by atoms with Crippen molar-refractivity contribution in [1.82, 2.24) is 5.06 Å². The van der Waals surface area contributed by atoms with E-state index < -0.39 is 5.91 Å². The molecule has 4 aromatic carbocycles. The zero-order valence-electron chi connectivity index (χ0n) is 28.5. The van der Waals surface area contributed by atoms with Gasteiger partial charge in [0, 0.05) is 17.3 Å². The molecule has 1 aliphatic rings. The molecule has 2 unspecified atom stereocenters. The fourth-order valence-electron chi connectivity index (χ4n) is 5.75. The van der Waals surface area contributed by atoms with Crippen LogP contribution in [0.5, 0.6) is 40.2 Å². The van der Waals surface area contributed by atoms with Gasteiger partial charge in [-0.25, -0.2) is 0 Å². The normalized spacial score (nSPS) is 15.6. The van der Waals surface area contributed by atoms with Crippen LogP contribution in [0.3, 0.4) is 0 Å². The number of rotatable bonds is 15. The Morgan fingerprint density at radius 3 is 2.02 bits per heavy atom. The molecule has 5 rings (SSSR count). The Hall–Kier alpha value is -5.19. The van der Waals surface area contributed by atoms with Crippen LogP contribution >= 0.6 is 0 Å². The number of hydroxylamine groups is 2. The number of nitrogens with zero attached hydrogens (tertiary/aromatic N) is 1. The third-order valence-corrected chi connectivity index (χ3v) is 8.13. The zero-order valence-corrected chi connectivity index (χ0v) is 28.5. The Labute approximate surface area is 287 Å². The Kier molecular flexibility index (Phi) is 12.0. The highest BCUT2D eigenvalue weighted by Gasteiger charge is 2.31. The SMILES string of the molecule is CCCOc1c(C/C=C/N(O)C(=O)c2cccc(Oc3ccccc3)c2)cc(C2CCC(c3cc(OC)c(OC)c(OC)c3)O2)cc1OC. The molecule has 2 atom stereocenters. The van der Waals surface area contributed by atoms with Crippen LogP contribution in [-0.2, 0) is 11.2 Å². The van der Waals surface area contributed by atoms with Crippen molar-refractivity contribution in [3.05, 3.63) is 113 Å². The van der Waals surface area contributed by atoms with Gasteiger partial charge >= 0.3 is 0 Å². The zero-order chi connectivity index (χ0) is 34.8. The summed E-state index contributed by atoms with van der Waals surface area (Å²) in [5, 5.41) is 11.2. The lowest BCUT2D eigenvalue weighted by Gasteiger charge is -2.20. The molecule has 49 heavy (non-hydrogen) atoms. The van der Waals surface area contributed by atoms with Crippen molar-refractivity contribution in [1.29, 1.82) is 0 Å². The van der Waals surface area contributed by atoms with E-state index in [2.05, 4.69) is 0 Å². The second kappa shape index (κ2) is 16.8. The first kappa shape index (κ1) is 35.1. The van der Waals surface area contributed by atoms with Gasteiger partial charge in [-0.15, -0.1) is 0 Å². The first-order valence-corrected chi connectivity index (χ1v) is 16.2. The van der Waals surface area contributed by atoms with Crippen LogP contribution in [0.4, 0.5) is 0 Å². The minimum Gasteiger partial charge on any atom is -0.493 e. The van der Waals surface area contributed by atoms with E-state index in [-0.39, 0.29) is 17.8 Å². The van der Waals surface area contributed by atoms with Crippen molar-refractivity contribution in [3.8, 4) is 40.2 Å². The topological polar surface area (TPSA) is 105 Å². The van der Waals surface area contributed by atoms with E-state index in [1.807, 2.05) is 61.5 Å². The molecular weight excluding hydrogens is 626 g/mol. The van der Waals surface area contributed by atoms with Crippen LogP contribution in [0.1, 0.15) is 65.4 Å². The predicted molar refractivity (Wildman–Crippen MR) is 184 cm³/mol. The molecule has 1 saturated heterocycles. The predicted octanol–water partition coefficient (Wildman–Crippen LogP) is 8.48. The average molecular weight is 670 g/mol. The van der Waals surface area contributed by atoms with Gasteiger partial charge in [0.15, 0.2) is 23.0 Å². The highest BCUT2D eigenvalue weighted by molar-refractivity contribution is 5.94. The minimum absolute atomic E-state index is 0.186. The van der Waals surface area contributed by atoms with Crippen molar-refractivity contribution in [2.75, 3.05) is 35.0 Å². The van der Waals surface area contributed by atoms with Gasteiger partial charge < -0.3 is 33.2 Å². The lowest BCUT2D eigenvalue weighted by molar-refractivity contribution is -0.0204. The summed E-state index contributed by atoms with van der Waals surface area (Å²) < 4.78 is 40.9. The molecule has 0 aromatic heterocycles. The number of carbonyl (C=O) groups excluding carboxylic acids is 1. The van der Waals surface area contributed by atoms with Gasteiger partial charge in [0.1, 0.15) is 11.5 Å². The summed E-state index contributed by atoms with van der Waals surface area (Å²) in [7, 11) is 6.37. The number of hydrogen-bond donors (Lipinski definition) is 1. The van der Waals surface area contributed by atoms with E-state index in [0.717, 1.165) is 36.0 Å². The van der Waals surface area contributed by atoms with E-state index in [9.17, 15) is 10.0 Å². The lowest BCUT2D eigenvalue weighted by atomic mass is 9.99. The number of benzene rings is 4. The molecule has 10 nitrogen and oxygen atoms in total. The molecule has 258 valence electrons.